The molecule has 1 saturated carbocycles. The third-order valence-corrected chi connectivity index (χ3v) is 4.42. The first-order valence-corrected chi connectivity index (χ1v) is 8.16. The minimum atomic E-state index is 0.711. The van der Waals surface area contributed by atoms with Crippen molar-refractivity contribution >= 4 is 0 Å². The molecule has 1 fully saturated rings. The molecule has 0 amide bonds. The third kappa shape index (κ3) is 3.94. The van der Waals surface area contributed by atoms with E-state index >= 15 is 0 Å². The minimum absolute atomic E-state index is 0.711. The number of aromatic amines is 1. The molecule has 1 heterocycles. The Bertz CT molecular complexity index is 548. The van der Waals surface area contributed by atoms with Gasteiger partial charge in [0.05, 0.1) is 11.4 Å². The summed E-state index contributed by atoms with van der Waals surface area (Å²) >= 11 is 0. The molecule has 1 aliphatic rings. The summed E-state index contributed by atoms with van der Waals surface area (Å²) in [5.41, 5.74) is 4.69. The molecule has 0 aliphatic heterocycles. The SMILES string of the molecule is Cc1cc(-c2ccc(CNC3CCCCCC3)cc2)[nH]n1. The molecule has 0 unspecified atom stereocenters. The van der Waals surface area contributed by atoms with E-state index in [0.29, 0.717) is 6.04 Å². The summed E-state index contributed by atoms with van der Waals surface area (Å²) in [6, 6.07) is 11.6. The lowest BCUT2D eigenvalue weighted by Gasteiger charge is -2.16. The van der Waals surface area contributed by atoms with Crippen molar-refractivity contribution in [3.8, 4) is 11.3 Å². The van der Waals surface area contributed by atoms with Gasteiger partial charge in [0, 0.05) is 12.6 Å². The van der Waals surface area contributed by atoms with Crippen molar-refractivity contribution in [2.24, 2.45) is 0 Å². The van der Waals surface area contributed by atoms with E-state index in [2.05, 4.69) is 45.8 Å². The van der Waals surface area contributed by atoms with E-state index in [-0.39, 0.29) is 0 Å². The van der Waals surface area contributed by atoms with E-state index in [9.17, 15) is 0 Å². The van der Waals surface area contributed by atoms with Crippen LogP contribution in [-0.4, -0.2) is 16.2 Å². The molecule has 21 heavy (non-hydrogen) atoms. The molecule has 1 aromatic carbocycles. The van der Waals surface area contributed by atoms with Crippen LogP contribution >= 0.6 is 0 Å². The smallest absolute Gasteiger partial charge is 0.0652 e. The Morgan fingerprint density at radius 3 is 2.43 bits per heavy atom. The van der Waals surface area contributed by atoms with Crippen LogP contribution < -0.4 is 5.32 Å². The Morgan fingerprint density at radius 2 is 1.81 bits per heavy atom. The lowest BCUT2D eigenvalue weighted by Crippen LogP contribution is -2.27. The molecule has 1 aromatic heterocycles. The zero-order valence-electron chi connectivity index (χ0n) is 12.9. The van der Waals surface area contributed by atoms with Crippen molar-refractivity contribution in [3.05, 3.63) is 41.6 Å². The van der Waals surface area contributed by atoms with Gasteiger partial charge in [-0.3, -0.25) is 5.10 Å². The molecule has 2 aromatic rings. The van der Waals surface area contributed by atoms with Crippen LogP contribution in [0.4, 0.5) is 0 Å². The standard InChI is InChI=1S/C18H25N3/c1-14-12-18(21-20-14)16-10-8-15(9-11-16)13-19-17-6-4-2-3-5-7-17/h8-12,17,19H,2-7,13H2,1H3,(H,20,21). The fraction of sp³-hybridized carbons (Fsp3) is 0.500. The topological polar surface area (TPSA) is 40.7 Å². The van der Waals surface area contributed by atoms with Crippen LogP contribution in [0.5, 0.6) is 0 Å². The monoisotopic (exact) mass is 283 g/mol. The van der Waals surface area contributed by atoms with Gasteiger partial charge in [-0.15, -0.1) is 0 Å². The van der Waals surface area contributed by atoms with Crippen LogP contribution in [0.2, 0.25) is 0 Å². The van der Waals surface area contributed by atoms with Gasteiger partial charge in [-0.1, -0.05) is 49.9 Å². The number of hydrogen-bond acceptors (Lipinski definition) is 2. The molecule has 0 spiro atoms. The van der Waals surface area contributed by atoms with Gasteiger partial charge < -0.3 is 5.32 Å². The van der Waals surface area contributed by atoms with Gasteiger partial charge in [0.2, 0.25) is 0 Å². The first kappa shape index (κ1) is 14.3. The first-order chi connectivity index (χ1) is 10.3. The average Bonchev–Trinajstić information content (AvgIpc) is 2.78. The third-order valence-electron chi connectivity index (χ3n) is 4.42. The summed E-state index contributed by atoms with van der Waals surface area (Å²) in [5.74, 6) is 0. The molecule has 1 aliphatic carbocycles. The van der Waals surface area contributed by atoms with E-state index in [1.165, 1.54) is 49.7 Å². The maximum absolute atomic E-state index is 4.18. The normalized spacial score (nSPS) is 16.8. The summed E-state index contributed by atoms with van der Waals surface area (Å²) in [6.07, 6.45) is 8.27. The van der Waals surface area contributed by atoms with Crippen LogP contribution in [0.3, 0.4) is 0 Å². The second-order valence-electron chi connectivity index (χ2n) is 6.19. The van der Waals surface area contributed by atoms with Crippen LogP contribution in [0.25, 0.3) is 11.3 Å². The van der Waals surface area contributed by atoms with Gasteiger partial charge in [0.25, 0.3) is 0 Å². The van der Waals surface area contributed by atoms with Crippen molar-refractivity contribution < 1.29 is 0 Å². The first-order valence-electron chi connectivity index (χ1n) is 8.16. The molecule has 2 N–H and O–H groups in total. The molecule has 0 atom stereocenters. The van der Waals surface area contributed by atoms with Gasteiger partial charge in [-0.05, 0) is 37.0 Å². The number of nitrogens with zero attached hydrogens (tertiary/aromatic N) is 1. The van der Waals surface area contributed by atoms with Crippen LogP contribution in [0.15, 0.2) is 30.3 Å². The molecule has 0 saturated heterocycles. The largest absolute Gasteiger partial charge is 0.310 e. The van der Waals surface area contributed by atoms with Gasteiger partial charge in [-0.25, -0.2) is 0 Å². The summed E-state index contributed by atoms with van der Waals surface area (Å²) in [6.45, 7) is 2.98. The quantitative estimate of drug-likeness (QED) is 0.826. The van der Waals surface area contributed by atoms with E-state index in [0.717, 1.165) is 17.9 Å². The second kappa shape index (κ2) is 6.90. The van der Waals surface area contributed by atoms with Crippen LogP contribution in [0.1, 0.15) is 49.8 Å². The van der Waals surface area contributed by atoms with E-state index in [1.54, 1.807) is 0 Å². The molecule has 3 rings (SSSR count). The Morgan fingerprint density at radius 1 is 1.10 bits per heavy atom. The van der Waals surface area contributed by atoms with Crippen LogP contribution in [0, 0.1) is 6.92 Å². The highest BCUT2D eigenvalue weighted by atomic mass is 15.1. The van der Waals surface area contributed by atoms with Crippen molar-refractivity contribution in [3.63, 3.8) is 0 Å². The highest BCUT2D eigenvalue weighted by molar-refractivity contribution is 5.59. The number of hydrogen-bond donors (Lipinski definition) is 2. The van der Waals surface area contributed by atoms with Crippen molar-refractivity contribution in [2.75, 3.05) is 0 Å². The van der Waals surface area contributed by atoms with Crippen molar-refractivity contribution in [1.29, 1.82) is 0 Å². The molecule has 3 nitrogen and oxygen atoms in total. The van der Waals surface area contributed by atoms with Crippen molar-refractivity contribution in [2.45, 2.75) is 58.0 Å². The number of H-pyrrole nitrogens is 1. The van der Waals surface area contributed by atoms with Gasteiger partial charge >= 0.3 is 0 Å². The molecular weight excluding hydrogens is 258 g/mol. The zero-order valence-corrected chi connectivity index (χ0v) is 12.9. The highest BCUT2D eigenvalue weighted by Crippen LogP contribution is 2.20. The average molecular weight is 283 g/mol. The predicted octanol–water partition coefficient (Wildman–Crippen LogP) is 4.20. The highest BCUT2D eigenvalue weighted by Gasteiger charge is 2.11. The second-order valence-corrected chi connectivity index (χ2v) is 6.19. The molecule has 0 radical (unpaired) electrons. The lowest BCUT2D eigenvalue weighted by molar-refractivity contribution is 0.459. The minimum Gasteiger partial charge on any atom is -0.310 e. The summed E-state index contributed by atoms with van der Waals surface area (Å²) < 4.78 is 0. The number of rotatable bonds is 4. The Labute approximate surface area is 127 Å². The van der Waals surface area contributed by atoms with Crippen molar-refractivity contribution in [1.82, 2.24) is 15.5 Å². The molecule has 0 bridgehead atoms. The molecular formula is C18H25N3. The number of aromatic nitrogens is 2. The fourth-order valence-corrected chi connectivity index (χ4v) is 3.12. The maximum Gasteiger partial charge on any atom is 0.0652 e. The molecule has 112 valence electrons. The summed E-state index contributed by atoms with van der Waals surface area (Å²) in [5, 5.41) is 11.0. The van der Waals surface area contributed by atoms with E-state index < -0.39 is 0 Å². The fourth-order valence-electron chi connectivity index (χ4n) is 3.12. The lowest BCUT2D eigenvalue weighted by atomic mass is 10.1. The van der Waals surface area contributed by atoms with E-state index in [4.69, 9.17) is 0 Å². The van der Waals surface area contributed by atoms with Crippen LogP contribution in [-0.2, 0) is 6.54 Å². The number of nitrogens with one attached hydrogen (secondary N) is 2. The molecule has 3 heteroatoms. The predicted molar refractivity (Wildman–Crippen MR) is 87.1 cm³/mol. The van der Waals surface area contributed by atoms with Gasteiger partial charge in [-0.2, -0.15) is 5.10 Å². The Kier molecular flexibility index (Phi) is 4.71. The van der Waals surface area contributed by atoms with E-state index in [1.807, 2.05) is 6.92 Å². The number of benzene rings is 1. The zero-order chi connectivity index (χ0) is 14.5. The summed E-state index contributed by atoms with van der Waals surface area (Å²) in [7, 11) is 0. The van der Waals surface area contributed by atoms with Gasteiger partial charge in [0.15, 0.2) is 0 Å². The number of aryl methyl sites for hydroxylation is 1. The summed E-state index contributed by atoms with van der Waals surface area (Å²) in [4.78, 5) is 0. The Balaban J connectivity index is 1.56. The van der Waals surface area contributed by atoms with Gasteiger partial charge in [0.1, 0.15) is 0 Å². The maximum atomic E-state index is 4.18. The Hall–Kier alpha value is -1.61.